The fraction of sp³-hybridized carbons (Fsp3) is 0.684. The Kier molecular flexibility index (Phi) is 4.84. The third kappa shape index (κ3) is 3.42. The molecule has 0 aliphatic heterocycles. The highest BCUT2D eigenvalue weighted by atomic mass is 16.5. The molecule has 2 atom stereocenters. The first-order valence-electron chi connectivity index (χ1n) is 8.71. The number of methoxy groups -OCH3 is 1. The van der Waals surface area contributed by atoms with Crippen LogP contribution in [0, 0.1) is 5.92 Å². The summed E-state index contributed by atoms with van der Waals surface area (Å²) in [7, 11) is 1.76. The van der Waals surface area contributed by atoms with E-state index in [-0.39, 0.29) is 0 Å². The van der Waals surface area contributed by atoms with Gasteiger partial charge in [0.15, 0.2) is 0 Å². The first-order valence-corrected chi connectivity index (χ1v) is 8.71. The van der Waals surface area contributed by atoms with Crippen molar-refractivity contribution < 1.29 is 4.74 Å². The standard InChI is InChI=1S/C19H29NO/c1-14(15-7-4-3-5-8-15)20-19-10-6-9-16-13-17(21-2)11-12-18(16)19/h11-15,19-20H,3-10H2,1-2H3/t14-,19?/m0/s1. The minimum Gasteiger partial charge on any atom is -0.497 e. The van der Waals surface area contributed by atoms with Gasteiger partial charge in [0.1, 0.15) is 5.75 Å². The molecular weight excluding hydrogens is 258 g/mol. The SMILES string of the molecule is COc1ccc2c(c1)CCCC2N[C@@H](C)C1CCCCC1. The Labute approximate surface area is 129 Å². The van der Waals surface area contributed by atoms with Crippen LogP contribution in [0.25, 0.3) is 0 Å². The van der Waals surface area contributed by atoms with Crippen LogP contribution in [0.4, 0.5) is 0 Å². The molecule has 3 rings (SSSR count). The number of hydrogen-bond donors (Lipinski definition) is 1. The predicted molar refractivity (Wildman–Crippen MR) is 87.8 cm³/mol. The molecule has 1 saturated carbocycles. The van der Waals surface area contributed by atoms with Crippen molar-refractivity contribution in [2.75, 3.05) is 7.11 Å². The summed E-state index contributed by atoms with van der Waals surface area (Å²) in [6, 6.07) is 7.80. The Bertz CT molecular complexity index is 465. The predicted octanol–water partition coefficient (Wildman–Crippen LogP) is 4.63. The monoisotopic (exact) mass is 287 g/mol. The van der Waals surface area contributed by atoms with Crippen molar-refractivity contribution in [2.24, 2.45) is 5.92 Å². The zero-order valence-electron chi connectivity index (χ0n) is 13.5. The van der Waals surface area contributed by atoms with Gasteiger partial charge in [0.25, 0.3) is 0 Å². The second kappa shape index (κ2) is 6.83. The van der Waals surface area contributed by atoms with Crippen molar-refractivity contribution >= 4 is 0 Å². The molecule has 1 unspecified atom stereocenters. The molecule has 116 valence electrons. The number of nitrogens with one attached hydrogen (secondary N) is 1. The molecule has 0 spiro atoms. The van der Waals surface area contributed by atoms with Gasteiger partial charge in [-0.2, -0.15) is 0 Å². The fourth-order valence-corrected chi connectivity index (χ4v) is 4.18. The normalized spacial score (nSPS) is 24.4. The van der Waals surface area contributed by atoms with Gasteiger partial charge in [-0.3, -0.25) is 0 Å². The molecule has 0 radical (unpaired) electrons. The lowest BCUT2D eigenvalue weighted by molar-refractivity contribution is 0.257. The maximum absolute atomic E-state index is 5.37. The van der Waals surface area contributed by atoms with E-state index in [1.165, 1.54) is 62.5 Å². The lowest BCUT2D eigenvalue weighted by atomic mass is 9.82. The molecule has 0 aromatic heterocycles. The molecule has 2 aliphatic rings. The van der Waals surface area contributed by atoms with E-state index in [4.69, 9.17) is 4.74 Å². The number of hydrogen-bond acceptors (Lipinski definition) is 2. The minimum absolute atomic E-state index is 0.539. The van der Waals surface area contributed by atoms with Gasteiger partial charge in [0.2, 0.25) is 0 Å². The molecule has 1 aromatic rings. The van der Waals surface area contributed by atoms with Gasteiger partial charge < -0.3 is 10.1 Å². The molecule has 0 saturated heterocycles. The molecule has 2 heteroatoms. The Morgan fingerprint density at radius 2 is 1.90 bits per heavy atom. The number of fused-ring (bicyclic) bond motifs is 1. The van der Waals surface area contributed by atoms with E-state index in [1.807, 2.05) is 0 Å². The van der Waals surface area contributed by atoms with Gasteiger partial charge >= 0.3 is 0 Å². The molecule has 2 aliphatic carbocycles. The smallest absolute Gasteiger partial charge is 0.119 e. The quantitative estimate of drug-likeness (QED) is 0.871. The summed E-state index contributed by atoms with van der Waals surface area (Å²) in [5.41, 5.74) is 2.98. The fourth-order valence-electron chi connectivity index (χ4n) is 4.18. The number of benzene rings is 1. The summed E-state index contributed by atoms with van der Waals surface area (Å²) < 4.78 is 5.37. The van der Waals surface area contributed by atoms with Gasteiger partial charge in [-0.15, -0.1) is 0 Å². The van der Waals surface area contributed by atoms with Gasteiger partial charge in [-0.1, -0.05) is 25.3 Å². The van der Waals surface area contributed by atoms with Crippen LogP contribution in [0.2, 0.25) is 0 Å². The maximum atomic E-state index is 5.37. The summed E-state index contributed by atoms with van der Waals surface area (Å²) in [4.78, 5) is 0. The van der Waals surface area contributed by atoms with Crippen molar-refractivity contribution in [3.8, 4) is 5.75 Å². The third-order valence-corrected chi connectivity index (χ3v) is 5.49. The lowest BCUT2D eigenvalue weighted by Gasteiger charge is -2.34. The second-order valence-electron chi connectivity index (χ2n) is 6.86. The van der Waals surface area contributed by atoms with E-state index < -0.39 is 0 Å². The highest BCUT2D eigenvalue weighted by Crippen LogP contribution is 2.34. The summed E-state index contributed by atoms with van der Waals surface area (Å²) in [5, 5.41) is 3.94. The van der Waals surface area contributed by atoms with Crippen molar-refractivity contribution in [3.05, 3.63) is 29.3 Å². The summed E-state index contributed by atoms with van der Waals surface area (Å²) in [5.74, 6) is 1.87. The minimum atomic E-state index is 0.539. The van der Waals surface area contributed by atoms with Crippen molar-refractivity contribution in [1.82, 2.24) is 5.32 Å². The summed E-state index contributed by atoms with van der Waals surface area (Å²) >= 11 is 0. The van der Waals surface area contributed by atoms with Crippen LogP contribution in [0.1, 0.15) is 69.0 Å². The van der Waals surface area contributed by atoms with E-state index in [2.05, 4.69) is 30.4 Å². The van der Waals surface area contributed by atoms with Crippen LogP contribution in [0.3, 0.4) is 0 Å². The van der Waals surface area contributed by atoms with Crippen molar-refractivity contribution in [3.63, 3.8) is 0 Å². The molecule has 0 heterocycles. The van der Waals surface area contributed by atoms with Gasteiger partial charge in [0, 0.05) is 12.1 Å². The molecule has 0 amide bonds. The van der Waals surface area contributed by atoms with Crippen LogP contribution in [-0.2, 0) is 6.42 Å². The van der Waals surface area contributed by atoms with Crippen molar-refractivity contribution in [1.29, 1.82) is 0 Å². The Morgan fingerprint density at radius 3 is 2.67 bits per heavy atom. The summed E-state index contributed by atoms with van der Waals surface area (Å²) in [6.07, 6.45) is 10.9. The number of rotatable bonds is 4. The van der Waals surface area contributed by atoms with Crippen LogP contribution < -0.4 is 10.1 Å². The van der Waals surface area contributed by atoms with Gasteiger partial charge in [0.05, 0.1) is 7.11 Å². The average molecular weight is 287 g/mol. The van der Waals surface area contributed by atoms with Crippen LogP contribution >= 0.6 is 0 Å². The van der Waals surface area contributed by atoms with E-state index >= 15 is 0 Å². The lowest BCUT2D eigenvalue weighted by Crippen LogP contribution is -2.38. The van der Waals surface area contributed by atoms with Crippen LogP contribution in [0.15, 0.2) is 18.2 Å². The molecule has 1 aromatic carbocycles. The Morgan fingerprint density at radius 1 is 1.10 bits per heavy atom. The van der Waals surface area contributed by atoms with Crippen molar-refractivity contribution in [2.45, 2.75) is 70.4 Å². The van der Waals surface area contributed by atoms with Gasteiger partial charge in [-0.05, 0) is 68.2 Å². The van der Waals surface area contributed by atoms with Crippen LogP contribution in [-0.4, -0.2) is 13.2 Å². The van der Waals surface area contributed by atoms with Crippen LogP contribution in [0.5, 0.6) is 5.75 Å². The Balaban J connectivity index is 1.69. The molecule has 0 bridgehead atoms. The van der Waals surface area contributed by atoms with Gasteiger partial charge in [-0.25, -0.2) is 0 Å². The van der Waals surface area contributed by atoms with E-state index in [1.54, 1.807) is 7.11 Å². The topological polar surface area (TPSA) is 21.3 Å². The second-order valence-corrected chi connectivity index (χ2v) is 6.86. The maximum Gasteiger partial charge on any atom is 0.119 e. The zero-order valence-corrected chi connectivity index (χ0v) is 13.5. The number of ether oxygens (including phenoxy) is 1. The zero-order chi connectivity index (χ0) is 14.7. The highest BCUT2D eigenvalue weighted by Gasteiger charge is 2.26. The first kappa shape index (κ1) is 14.9. The largest absolute Gasteiger partial charge is 0.497 e. The molecule has 1 N–H and O–H groups in total. The molecular formula is C19H29NO. The van der Waals surface area contributed by atoms with E-state index in [0.717, 1.165) is 11.7 Å². The first-order chi connectivity index (χ1) is 10.3. The third-order valence-electron chi connectivity index (χ3n) is 5.49. The molecule has 1 fully saturated rings. The summed E-state index contributed by atoms with van der Waals surface area (Å²) in [6.45, 7) is 2.40. The average Bonchev–Trinajstić information content (AvgIpc) is 2.55. The molecule has 21 heavy (non-hydrogen) atoms. The van der Waals surface area contributed by atoms with E-state index in [9.17, 15) is 0 Å². The van der Waals surface area contributed by atoms with E-state index in [0.29, 0.717) is 12.1 Å². The molecule has 2 nitrogen and oxygen atoms in total. The highest BCUT2D eigenvalue weighted by molar-refractivity contribution is 5.39. The number of aryl methyl sites for hydroxylation is 1. The Hall–Kier alpha value is -1.02.